The van der Waals surface area contributed by atoms with Crippen LogP contribution in [0.15, 0.2) is 60.7 Å². The number of nitrogens with zero attached hydrogens (tertiary/aromatic N) is 2. The van der Waals surface area contributed by atoms with Gasteiger partial charge in [0.25, 0.3) is 11.8 Å². The molecule has 1 N–H and O–H groups in total. The summed E-state index contributed by atoms with van der Waals surface area (Å²) >= 11 is 0. The predicted molar refractivity (Wildman–Crippen MR) is 112 cm³/mol. The van der Waals surface area contributed by atoms with E-state index in [0.29, 0.717) is 16.2 Å². The van der Waals surface area contributed by atoms with E-state index in [1.54, 1.807) is 60.7 Å². The number of nitrogens with one attached hydrogen (secondary N) is 1. The monoisotopic (exact) mass is 473 g/mol. The first-order valence-electron chi connectivity index (χ1n) is 10.5. The third-order valence-electron chi connectivity index (χ3n) is 5.54. The molecule has 2 aliphatic heterocycles. The molecular formula is C23H21F2N3O6. The van der Waals surface area contributed by atoms with Crippen molar-refractivity contribution in [2.24, 2.45) is 0 Å². The summed E-state index contributed by atoms with van der Waals surface area (Å²) in [4.78, 5) is 51.4. The summed E-state index contributed by atoms with van der Waals surface area (Å²) < 4.78 is 36.9. The summed E-state index contributed by atoms with van der Waals surface area (Å²) in [5, 5.41) is 2.48. The van der Waals surface area contributed by atoms with Crippen LogP contribution in [0.4, 0.5) is 8.78 Å². The summed E-state index contributed by atoms with van der Waals surface area (Å²) in [7, 11) is 0. The zero-order valence-electron chi connectivity index (χ0n) is 17.8. The third-order valence-corrected chi connectivity index (χ3v) is 5.54. The number of para-hydroxylation sites is 1. The lowest BCUT2D eigenvalue weighted by molar-refractivity contribution is -0.172. The Morgan fingerprint density at radius 3 is 2.32 bits per heavy atom. The molecule has 0 bridgehead atoms. The quantitative estimate of drug-likeness (QED) is 0.452. The minimum atomic E-state index is -3.37. The van der Waals surface area contributed by atoms with Gasteiger partial charge in [-0.3, -0.25) is 14.4 Å². The molecule has 0 aromatic heterocycles. The maximum Gasteiger partial charge on any atom is 0.350 e. The Labute approximate surface area is 193 Å². The number of β-lactam (4-membered cyclic amide) rings is 1. The fourth-order valence-electron chi connectivity index (χ4n) is 3.93. The van der Waals surface area contributed by atoms with Crippen molar-refractivity contribution in [2.45, 2.75) is 31.3 Å². The highest BCUT2D eigenvalue weighted by Crippen LogP contribution is 2.34. The lowest BCUT2D eigenvalue weighted by Gasteiger charge is -2.43. The van der Waals surface area contributed by atoms with E-state index in [9.17, 15) is 28.0 Å². The molecule has 2 unspecified atom stereocenters. The van der Waals surface area contributed by atoms with Gasteiger partial charge in [0.2, 0.25) is 12.1 Å². The number of carbonyl (C=O) groups excluding carboxylic acids is 4. The SMILES string of the molecule is O=C(COc1ccccc1)N[C@@H]1C(=O)N2C1CN(C(=O)C(F)F)C2C(=O)OCc1ccccc1. The molecule has 4 rings (SSSR count). The van der Waals surface area contributed by atoms with E-state index in [-0.39, 0.29) is 19.8 Å². The van der Waals surface area contributed by atoms with Crippen molar-refractivity contribution >= 4 is 23.7 Å². The van der Waals surface area contributed by atoms with Crippen LogP contribution in [0.2, 0.25) is 0 Å². The maximum absolute atomic E-state index is 13.2. The van der Waals surface area contributed by atoms with E-state index in [0.717, 1.165) is 4.90 Å². The zero-order chi connectivity index (χ0) is 24.2. The van der Waals surface area contributed by atoms with Crippen molar-refractivity contribution in [1.29, 1.82) is 0 Å². The lowest BCUT2D eigenvalue weighted by atomic mass is 9.96. The smallest absolute Gasteiger partial charge is 0.350 e. The highest BCUT2D eigenvalue weighted by atomic mass is 19.3. The van der Waals surface area contributed by atoms with Crippen molar-refractivity contribution in [2.75, 3.05) is 13.2 Å². The second-order valence-corrected chi connectivity index (χ2v) is 7.72. The van der Waals surface area contributed by atoms with Crippen molar-refractivity contribution in [3.63, 3.8) is 0 Å². The van der Waals surface area contributed by atoms with Gasteiger partial charge >= 0.3 is 12.4 Å². The molecule has 0 radical (unpaired) electrons. The van der Waals surface area contributed by atoms with Crippen LogP contribution in [0.1, 0.15) is 5.56 Å². The number of fused-ring (bicyclic) bond motifs is 1. The molecule has 34 heavy (non-hydrogen) atoms. The van der Waals surface area contributed by atoms with E-state index in [4.69, 9.17) is 9.47 Å². The number of esters is 1. The van der Waals surface area contributed by atoms with Gasteiger partial charge in [-0.15, -0.1) is 0 Å². The van der Waals surface area contributed by atoms with Gasteiger partial charge in [0.15, 0.2) is 6.61 Å². The number of amides is 3. The van der Waals surface area contributed by atoms with Crippen molar-refractivity contribution in [1.82, 2.24) is 15.1 Å². The third kappa shape index (κ3) is 4.68. The normalized spacial score (nSPS) is 21.0. The molecule has 2 aromatic carbocycles. The second kappa shape index (κ2) is 9.86. The van der Waals surface area contributed by atoms with E-state index in [1.807, 2.05) is 0 Å². The van der Waals surface area contributed by atoms with Crippen LogP contribution in [0.5, 0.6) is 5.75 Å². The standard InChI is InChI=1S/C23H21F2N3O6/c24-19(25)22(31)27-11-16-18(26-17(29)13-33-15-9-5-2-6-10-15)21(30)28(16)20(27)23(32)34-12-14-7-3-1-4-8-14/h1-10,16,18-20H,11-13H2,(H,26,29)/t16?,18-,20?/m0/s1. The molecule has 3 amide bonds. The molecule has 2 aromatic rings. The molecule has 0 aliphatic carbocycles. The van der Waals surface area contributed by atoms with Gasteiger partial charge in [0.05, 0.1) is 6.04 Å². The average Bonchev–Trinajstić information content (AvgIpc) is 3.21. The number of benzene rings is 2. The number of hydrogen-bond donors (Lipinski definition) is 1. The lowest BCUT2D eigenvalue weighted by Crippen LogP contribution is -2.71. The van der Waals surface area contributed by atoms with Gasteiger partial charge in [-0.25, -0.2) is 4.79 Å². The first-order valence-corrected chi connectivity index (χ1v) is 10.5. The van der Waals surface area contributed by atoms with Gasteiger partial charge in [0.1, 0.15) is 18.4 Å². The Morgan fingerprint density at radius 1 is 1.03 bits per heavy atom. The van der Waals surface area contributed by atoms with Crippen molar-refractivity contribution in [3.05, 3.63) is 66.2 Å². The fourth-order valence-corrected chi connectivity index (χ4v) is 3.93. The topological polar surface area (TPSA) is 105 Å². The average molecular weight is 473 g/mol. The summed E-state index contributed by atoms with van der Waals surface area (Å²) in [5.74, 6) is -3.43. The van der Waals surface area contributed by atoms with Gasteiger partial charge in [-0.05, 0) is 17.7 Å². The number of carbonyl (C=O) groups is 4. The zero-order valence-corrected chi connectivity index (χ0v) is 17.8. The number of rotatable bonds is 8. The van der Waals surface area contributed by atoms with Crippen LogP contribution < -0.4 is 10.1 Å². The van der Waals surface area contributed by atoms with Crippen molar-refractivity contribution in [3.8, 4) is 5.75 Å². The largest absolute Gasteiger partial charge is 0.484 e. The predicted octanol–water partition coefficient (Wildman–Crippen LogP) is 0.938. The molecule has 2 heterocycles. The summed E-state index contributed by atoms with van der Waals surface area (Å²) in [5.41, 5.74) is 0.649. The molecule has 11 heteroatoms. The van der Waals surface area contributed by atoms with E-state index in [1.165, 1.54) is 0 Å². The number of hydrogen-bond acceptors (Lipinski definition) is 6. The molecule has 3 atom stereocenters. The molecule has 178 valence electrons. The van der Waals surface area contributed by atoms with Gasteiger partial charge in [0, 0.05) is 6.54 Å². The Kier molecular flexibility index (Phi) is 6.71. The van der Waals surface area contributed by atoms with Crippen molar-refractivity contribution < 1.29 is 37.4 Å². The minimum absolute atomic E-state index is 0.156. The summed E-state index contributed by atoms with van der Waals surface area (Å²) in [6.07, 6.45) is -5.00. The number of halogens is 2. The van der Waals surface area contributed by atoms with Gasteiger partial charge in [-0.2, -0.15) is 8.78 Å². The molecule has 2 saturated heterocycles. The minimum Gasteiger partial charge on any atom is -0.484 e. The number of ether oxygens (including phenoxy) is 2. The highest BCUT2D eigenvalue weighted by molar-refractivity contribution is 5.99. The van der Waals surface area contributed by atoms with E-state index in [2.05, 4.69) is 5.32 Å². The molecule has 2 fully saturated rings. The molecule has 9 nitrogen and oxygen atoms in total. The summed E-state index contributed by atoms with van der Waals surface area (Å²) in [6, 6.07) is 15.3. The fraction of sp³-hybridized carbons (Fsp3) is 0.304. The van der Waals surface area contributed by atoms with Crippen LogP contribution in [-0.4, -0.2) is 71.3 Å². The van der Waals surface area contributed by atoms with Crippen LogP contribution in [0, 0.1) is 0 Å². The van der Waals surface area contributed by atoms with Crippen LogP contribution >= 0.6 is 0 Å². The first-order chi connectivity index (χ1) is 16.4. The van der Waals surface area contributed by atoms with Crippen LogP contribution in [0.25, 0.3) is 0 Å². The second-order valence-electron chi connectivity index (χ2n) is 7.72. The molecule has 0 saturated carbocycles. The Bertz CT molecular complexity index is 1070. The maximum atomic E-state index is 13.2. The van der Waals surface area contributed by atoms with Gasteiger partial charge in [-0.1, -0.05) is 48.5 Å². The molecule has 2 aliphatic rings. The van der Waals surface area contributed by atoms with Crippen LogP contribution in [-0.2, 0) is 30.5 Å². The highest BCUT2D eigenvalue weighted by Gasteiger charge is 2.62. The molecular weight excluding hydrogens is 452 g/mol. The first kappa shape index (κ1) is 23.1. The van der Waals surface area contributed by atoms with Gasteiger partial charge < -0.3 is 24.6 Å². The Morgan fingerprint density at radius 2 is 1.68 bits per heavy atom. The molecule has 0 spiro atoms. The van der Waals surface area contributed by atoms with Crippen LogP contribution in [0.3, 0.4) is 0 Å². The Hall–Kier alpha value is -4.02. The number of alkyl halides is 2. The Balaban J connectivity index is 1.41. The van der Waals surface area contributed by atoms with E-state index < -0.39 is 48.4 Å². The summed E-state index contributed by atoms with van der Waals surface area (Å²) in [6.45, 7) is -0.871. The van der Waals surface area contributed by atoms with E-state index >= 15 is 0 Å².